The fraction of sp³-hybridized carbons (Fsp3) is 0.214. The molecule has 4 rings (SSSR count). The van der Waals surface area contributed by atoms with Gasteiger partial charge >= 0.3 is 0 Å². The van der Waals surface area contributed by atoms with Gasteiger partial charge in [-0.15, -0.1) is 0 Å². The molecule has 1 heterocycles. The first-order valence-electron chi connectivity index (χ1n) is 11.6. The van der Waals surface area contributed by atoms with E-state index in [2.05, 4.69) is 22.4 Å². The van der Waals surface area contributed by atoms with Crippen LogP contribution in [0.1, 0.15) is 23.6 Å². The van der Waals surface area contributed by atoms with Crippen molar-refractivity contribution in [3.8, 4) is 5.75 Å². The van der Waals surface area contributed by atoms with Crippen molar-refractivity contribution in [1.29, 1.82) is 0 Å². The molecule has 4 aromatic rings. The second kappa shape index (κ2) is 11.6. The number of halogens is 1. The fourth-order valence-electron chi connectivity index (χ4n) is 3.89. The Morgan fingerprint density at radius 3 is 2.51 bits per heavy atom. The minimum Gasteiger partial charge on any atom is -0.494 e. The number of H-pyrrole nitrogens is 1. The van der Waals surface area contributed by atoms with Crippen LogP contribution in [0.15, 0.2) is 83.7 Å². The van der Waals surface area contributed by atoms with Gasteiger partial charge < -0.3 is 19.9 Å². The van der Waals surface area contributed by atoms with Crippen molar-refractivity contribution < 1.29 is 9.13 Å². The molecule has 7 heteroatoms. The Labute approximate surface area is 209 Å². The molecule has 0 aliphatic rings. The number of ether oxygens (including phenoxy) is 1. The molecule has 0 unspecified atom stereocenters. The number of nitrogens with one attached hydrogen (secondary N) is 2. The summed E-state index contributed by atoms with van der Waals surface area (Å²) in [4.78, 5) is 17.8. The zero-order chi connectivity index (χ0) is 24.6. The lowest BCUT2D eigenvalue weighted by Crippen LogP contribution is -2.40. The second-order valence-electron chi connectivity index (χ2n) is 8.26. The summed E-state index contributed by atoms with van der Waals surface area (Å²) in [5.41, 5.74) is 3.27. The molecule has 0 saturated carbocycles. The summed E-state index contributed by atoms with van der Waals surface area (Å²) < 4.78 is 19.0. The van der Waals surface area contributed by atoms with Crippen LogP contribution in [0.25, 0.3) is 10.9 Å². The van der Waals surface area contributed by atoms with Gasteiger partial charge in [-0.25, -0.2) is 4.39 Å². The third kappa shape index (κ3) is 6.67. The van der Waals surface area contributed by atoms with Crippen LogP contribution in [0, 0.1) is 5.82 Å². The Morgan fingerprint density at radius 1 is 1.00 bits per heavy atom. The van der Waals surface area contributed by atoms with Crippen molar-refractivity contribution in [2.45, 2.75) is 26.4 Å². The van der Waals surface area contributed by atoms with Gasteiger partial charge in [-0.3, -0.25) is 4.79 Å². The summed E-state index contributed by atoms with van der Waals surface area (Å²) in [6.45, 7) is 3.90. The van der Waals surface area contributed by atoms with E-state index < -0.39 is 0 Å². The van der Waals surface area contributed by atoms with E-state index in [-0.39, 0.29) is 11.4 Å². The average molecular weight is 490 g/mol. The molecule has 0 bridgehead atoms. The maximum atomic E-state index is 13.4. The van der Waals surface area contributed by atoms with E-state index in [0.717, 1.165) is 28.6 Å². The lowest BCUT2D eigenvalue weighted by Gasteiger charge is -2.26. The molecule has 0 aliphatic heterocycles. The van der Waals surface area contributed by atoms with Gasteiger partial charge in [-0.2, -0.15) is 0 Å². The summed E-state index contributed by atoms with van der Waals surface area (Å²) >= 11 is 5.72. The quantitative estimate of drug-likeness (QED) is 0.317. The van der Waals surface area contributed by atoms with Crippen molar-refractivity contribution in [3.05, 3.63) is 112 Å². The lowest BCUT2D eigenvalue weighted by molar-refractivity contribution is 0.340. The molecule has 2 N–H and O–H groups in total. The van der Waals surface area contributed by atoms with Gasteiger partial charge in [0.2, 0.25) is 0 Å². The molecule has 0 spiro atoms. The molecule has 35 heavy (non-hydrogen) atoms. The topological polar surface area (TPSA) is 57.4 Å². The van der Waals surface area contributed by atoms with Crippen molar-refractivity contribution >= 4 is 28.2 Å². The molecule has 1 aromatic heterocycles. The second-order valence-corrected chi connectivity index (χ2v) is 8.64. The van der Waals surface area contributed by atoms with E-state index >= 15 is 0 Å². The molecule has 5 nitrogen and oxygen atoms in total. The van der Waals surface area contributed by atoms with E-state index in [1.807, 2.05) is 54.3 Å². The molecule has 0 amide bonds. The van der Waals surface area contributed by atoms with Crippen molar-refractivity contribution in [3.63, 3.8) is 0 Å². The Kier molecular flexibility index (Phi) is 8.11. The minimum atomic E-state index is -0.292. The average Bonchev–Trinajstić information content (AvgIpc) is 2.86. The van der Waals surface area contributed by atoms with Gasteiger partial charge in [0, 0.05) is 29.6 Å². The monoisotopic (exact) mass is 489 g/mol. The SMILES string of the molecule is CCOc1ccc2[nH]c(=O)c(CN(Cc3ccc(F)cc3)C(=S)NCCc3ccccc3)cc2c1. The number of rotatable bonds is 9. The maximum absolute atomic E-state index is 13.4. The van der Waals surface area contributed by atoms with Crippen molar-refractivity contribution in [2.75, 3.05) is 13.2 Å². The summed E-state index contributed by atoms with van der Waals surface area (Å²) in [7, 11) is 0. The molecule has 180 valence electrons. The third-order valence-corrected chi connectivity index (χ3v) is 6.07. The Balaban J connectivity index is 1.55. The number of aromatic amines is 1. The smallest absolute Gasteiger partial charge is 0.253 e. The molecule has 3 aromatic carbocycles. The van der Waals surface area contributed by atoms with Crippen LogP contribution in [-0.4, -0.2) is 28.1 Å². The van der Waals surface area contributed by atoms with Gasteiger partial charge in [0.1, 0.15) is 11.6 Å². The summed E-state index contributed by atoms with van der Waals surface area (Å²) in [5.74, 6) is 0.458. The molecular weight excluding hydrogens is 461 g/mol. The number of fused-ring (bicyclic) bond motifs is 1. The van der Waals surface area contributed by atoms with Crippen molar-refractivity contribution in [1.82, 2.24) is 15.2 Å². The number of thiocarbonyl (C=S) groups is 1. The Hall–Kier alpha value is -3.71. The predicted molar refractivity (Wildman–Crippen MR) is 142 cm³/mol. The zero-order valence-electron chi connectivity index (χ0n) is 19.6. The zero-order valence-corrected chi connectivity index (χ0v) is 20.4. The Morgan fingerprint density at radius 2 is 1.77 bits per heavy atom. The van der Waals surface area contributed by atoms with E-state index in [9.17, 15) is 9.18 Å². The third-order valence-electron chi connectivity index (χ3n) is 5.67. The van der Waals surface area contributed by atoms with Crippen LogP contribution in [0.2, 0.25) is 0 Å². The van der Waals surface area contributed by atoms with E-state index in [0.29, 0.717) is 36.9 Å². The summed E-state index contributed by atoms with van der Waals surface area (Å²) in [6.07, 6.45) is 0.822. The van der Waals surface area contributed by atoms with Crippen LogP contribution in [0.3, 0.4) is 0 Å². The molecule has 0 radical (unpaired) electrons. The highest BCUT2D eigenvalue weighted by Gasteiger charge is 2.14. The van der Waals surface area contributed by atoms with E-state index in [4.69, 9.17) is 17.0 Å². The normalized spacial score (nSPS) is 10.8. The van der Waals surface area contributed by atoms with Crippen LogP contribution in [0.5, 0.6) is 5.75 Å². The first-order valence-corrected chi connectivity index (χ1v) is 12.0. The van der Waals surface area contributed by atoms with Crippen molar-refractivity contribution in [2.24, 2.45) is 0 Å². The highest BCUT2D eigenvalue weighted by atomic mass is 32.1. The molecule has 0 aliphatic carbocycles. The van der Waals surface area contributed by atoms with Gasteiger partial charge in [0.25, 0.3) is 5.56 Å². The highest BCUT2D eigenvalue weighted by molar-refractivity contribution is 7.80. The van der Waals surface area contributed by atoms with Crippen LogP contribution >= 0.6 is 12.2 Å². The molecule has 0 saturated heterocycles. The van der Waals surface area contributed by atoms with Gasteiger partial charge in [-0.05, 0) is 73.1 Å². The van der Waals surface area contributed by atoms with E-state index in [1.165, 1.54) is 17.7 Å². The Bertz CT molecular complexity index is 1340. The number of nitrogens with zero attached hydrogens (tertiary/aromatic N) is 1. The molecular formula is C28H28FN3O2S. The number of pyridine rings is 1. The number of benzene rings is 3. The minimum absolute atomic E-state index is 0.169. The molecule has 0 atom stereocenters. The maximum Gasteiger partial charge on any atom is 0.253 e. The first-order chi connectivity index (χ1) is 17.0. The largest absolute Gasteiger partial charge is 0.494 e. The number of hydrogen-bond acceptors (Lipinski definition) is 3. The fourth-order valence-corrected chi connectivity index (χ4v) is 4.12. The lowest BCUT2D eigenvalue weighted by atomic mass is 10.1. The highest BCUT2D eigenvalue weighted by Crippen LogP contribution is 2.20. The standard InChI is InChI=1S/C28H28FN3O2S/c1-2-34-25-12-13-26-22(17-25)16-23(27(33)31-26)19-32(18-21-8-10-24(29)11-9-21)28(35)30-15-14-20-6-4-3-5-7-20/h3-13,16-17H,2,14-15,18-19H2,1H3,(H,30,35)(H,31,33). The van der Waals surface area contributed by atoms with Crippen LogP contribution in [0.4, 0.5) is 4.39 Å². The number of hydrogen-bond donors (Lipinski definition) is 2. The summed E-state index contributed by atoms with van der Waals surface area (Å²) in [6, 6.07) is 24.0. The van der Waals surface area contributed by atoms with Gasteiger partial charge in [0.05, 0.1) is 13.2 Å². The summed E-state index contributed by atoms with van der Waals surface area (Å²) in [5, 5.41) is 4.74. The molecule has 0 fully saturated rings. The van der Waals surface area contributed by atoms with E-state index in [1.54, 1.807) is 12.1 Å². The van der Waals surface area contributed by atoms with Crippen LogP contribution in [-0.2, 0) is 19.5 Å². The van der Waals surface area contributed by atoms with Crippen LogP contribution < -0.4 is 15.6 Å². The van der Waals surface area contributed by atoms with Gasteiger partial charge in [-0.1, -0.05) is 42.5 Å². The number of aromatic nitrogens is 1. The predicted octanol–water partition coefficient (Wildman–Crippen LogP) is 5.19. The van der Waals surface area contributed by atoms with Gasteiger partial charge in [0.15, 0.2) is 5.11 Å². The first kappa shape index (κ1) is 24.4.